The number of aromatic nitrogens is 2. The molecule has 4 aromatic rings. The first-order valence-corrected chi connectivity index (χ1v) is 31.7. The first-order chi connectivity index (χ1) is 45.0. The number of phenolic OH excluding ortho intramolecular Hbond substituents is 1. The third-order valence-corrected chi connectivity index (χ3v) is 16.8. The van der Waals surface area contributed by atoms with Gasteiger partial charge in [0.25, 0.3) is 18.2 Å². The minimum Gasteiger partial charge on any atom is -0.504 e. The van der Waals surface area contributed by atoms with Crippen LogP contribution in [0.5, 0.6) is 17.2 Å². The summed E-state index contributed by atoms with van der Waals surface area (Å²) in [5, 5.41) is 134. The van der Waals surface area contributed by atoms with Gasteiger partial charge in [-0.05, 0) is 92.5 Å². The molecule has 0 unspecified atom stereocenters. The van der Waals surface area contributed by atoms with Gasteiger partial charge in [0.1, 0.15) is 42.0 Å². The highest BCUT2D eigenvalue weighted by Crippen LogP contribution is 2.32. The average molecular weight is 1340 g/mol. The van der Waals surface area contributed by atoms with E-state index < -0.39 is 184 Å². The second-order valence-electron chi connectivity index (χ2n) is 23.5. The number of nitrogens with zero attached hydrogens (tertiary/aromatic N) is 4. The maximum atomic E-state index is 15.0. The highest BCUT2D eigenvalue weighted by Gasteiger charge is 2.50. The van der Waals surface area contributed by atoms with Gasteiger partial charge in [-0.1, -0.05) is 61.4 Å². The topological polar surface area (TPSA) is 476 Å². The molecule has 0 spiro atoms. The van der Waals surface area contributed by atoms with Crippen LogP contribution < -0.4 is 40.8 Å². The fourth-order valence-corrected chi connectivity index (χ4v) is 11.4. The van der Waals surface area contributed by atoms with E-state index >= 15 is 0 Å². The fourth-order valence-electron chi connectivity index (χ4n) is 11.1. The summed E-state index contributed by atoms with van der Waals surface area (Å²) < 4.78 is 21.2. The number of fused-ring (bicyclic) bond motifs is 2. The highest BCUT2D eigenvalue weighted by molar-refractivity contribution is 7.90. The number of unbranched alkanes of at least 4 members (excludes halogenated alkanes) is 5. The summed E-state index contributed by atoms with van der Waals surface area (Å²) in [5.41, 5.74) is 1.08. The van der Waals surface area contributed by atoms with Gasteiger partial charge in [0, 0.05) is 61.5 Å². The van der Waals surface area contributed by atoms with Gasteiger partial charge in [-0.3, -0.25) is 33.6 Å². The zero-order valence-electron chi connectivity index (χ0n) is 52.0. The zero-order chi connectivity index (χ0) is 68.2. The van der Waals surface area contributed by atoms with Gasteiger partial charge in [0.2, 0.25) is 47.2 Å². The summed E-state index contributed by atoms with van der Waals surface area (Å²) in [6.07, 6.45) is -5.96. The highest BCUT2D eigenvalue weighted by atomic mass is 32.2. The van der Waals surface area contributed by atoms with Crippen LogP contribution in [0.4, 0.5) is 0 Å². The predicted octanol–water partition coefficient (Wildman–Crippen LogP) is -1.51. The van der Waals surface area contributed by atoms with Gasteiger partial charge < -0.3 is 101 Å². The molecule has 0 bridgehead atoms. The van der Waals surface area contributed by atoms with Crippen LogP contribution in [0.15, 0.2) is 71.1 Å². The van der Waals surface area contributed by atoms with Crippen molar-refractivity contribution in [3.63, 3.8) is 0 Å². The second kappa shape index (κ2) is 35.7. The second-order valence-corrected chi connectivity index (χ2v) is 24.0. The standard InChI is InChI=1S/C61H84N10O22S/c1-4-5-6-7-8-9-22-89-41-17-15-37(16-18-41)59-69-68-58(90-59)36-13-11-35(12-14-36)53(81)64-42-25-39(75)27-63-57(85)51-52(80)32(2)28-71(51)61(87)50(45(78)20-21-62-38(30-72)31-73)67-56(84)49(46(79)23-34-10-19-44(77)47(24-34)91-94-93-92-88)66-55(83)43-26-40(76)29-70(43)60(86)48(33(3)74)65-54(42)82/h10-19,24,32-33,38-40,42-43,45-46,48-52,62,72-80,88H,4-9,20-23,25-31H2,1-3H3,(H,63,85)(H,64,81)(H,65,82)(H,66,83)(H,67,84)/t32-,33+,39+,40+,42-,43-,45+,46+,48-,49-,50-,51-,52-/m0/s1. The molecule has 0 saturated carbocycles. The van der Waals surface area contributed by atoms with Crippen molar-refractivity contribution in [3.05, 3.63) is 77.9 Å². The molecule has 3 saturated heterocycles. The van der Waals surface area contributed by atoms with Crippen LogP contribution in [-0.4, -0.2) is 237 Å². The Morgan fingerprint density at radius 2 is 1.39 bits per heavy atom. The van der Waals surface area contributed by atoms with E-state index in [1.54, 1.807) is 24.3 Å². The molecule has 1 aromatic heterocycles. The minimum absolute atomic E-state index is 0.0356. The number of hydrogen-bond donors (Lipinski definition) is 16. The Kier molecular flexibility index (Phi) is 28.1. The smallest absolute Gasteiger partial charge is 0.261 e. The lowest BCUT2D eigenvalue weighted by Gasteiger charge is -2.34. The number of β-amino-alcohol motifs (C(OH)–C–C–N with tert-alkyl or cyclic N) is 1. The van der Waals surface area contributed by atoms with Gasteiger partial charge in [0.15, 0.2) is 11.5 Å². The molecule has 3 aromatic carbocycles. The lowest BCUT2D eigenvalue weighted by molar-refractivity contribution is -0.433. The van der Waals surface area contributed by atoms with Crippen LogP contribution in [0.2, 0.25) is 0 Å². The average Bonchev–Trinajstić information content (AvgIpc) is 1.62. The van der Waals surface area contributed by atoms with E-state index in [4.69, 9.17) is 18.6 Å². The zero-order valence-corrected chi connectivity index (χ0v) is 52.8. The Hall–Kier alpha value is -7.64. The number of phenols is 1. The number of carbonyl (C=O) groups excluding carboxylic acids is 7. The summed E-state index contributed by atoms with van der Waals surface area (Å²) in [6, 6.07) is 4.06. The quantitative estimate of drug-likeness (QED) is 0.0140. The van der Waals surface area contributed by atoms with Crippen molar-refractivity contribution in [2.45, 2.75) is 164 Å². The molecule has 94 heavy (non-hydrogen) atoms. The SMILES string of the molecule is CCCCCCCCOc1ccc(-c2nnc(-c3ccc(C(=O)N[C@H]4C[C@@H](O)CNC(=O)[C@@H]5[C@@H](O)[C@@H](C)CN5C(=O)[C@H]([C@H](O)CCNC(CO)CO)NC(=O)[C@H]([C@H](O)Cc5ccc(O)c(OSOOO)c5)NC(=O)[C@@H]5C[C@@H](O)CN5C(=O)[C@H]([C@@H](C)O)NC4=O)cc3)o2)cc1. The lowest BCUT2D eigenvalue weighted by Crippen LogP contribution is -2.64. The summed E-state index contributed by atoms with van der Waals surface area (Å²) in [5.74, 6) is -8.73. The first kappa shape index (κ1) is 73.8. The monoisotopic (exact) mass is 1340 g/mol. The Labute approximate surface area is 544 Å². The number of rotatable bonds is 27. The van der Waals surface area contributed by atoms with Crippen molar-refractivity contribution in [2.75, 3.05) is 46.0 Å². The van der Waals surface area contributed by atoms with E-state index in [9.17, 15) is 79.5 Å². The Balaban J connectivity index is 1.17. The number of hydrogen-bond acceptors (Lipinski definition) is 26. The van der Waals surface area contributed by atoms with Crippen molar-refractivity contribution < 1.29 is 107 Å². The van der Waals surface area contributed by atoms with Crippen LogP contribution in [0.25, 0.3) is 22.9 Å². The molecule has 16 N–H and O–H groups in total. The molecule has 0 aliphatic carbocycles. The molecule has 3 aliphatic rings. The van der Waals surface area contributed by atoms with Crippen molar-refractivity contribution >= 4 is 53.7 Å². The van der Waals surface area contributed by atoms with Gasteiger partial charge in [0.05, 0.1) is 62.5 Å². The van der Waals surface area contributed by atoms with Gasteiger partial charge in [-0.2, -0.15) is 0 Å². The number of benzene rings is 3. The van der Waals surface area contributed by atoms with Crippen LogP contribution in [0.1, 0.15) is 94.5 Å². The molecule has 7 rings (SSSR count). The van der Waals surface area contributed by atoms with Gasteiger partial charge in [-0.25, -0.2) is 5.26 Å². The van der Waals surface area contributed by atoms with Crippen LogP contribution >= 0.6 is 12.3 Å². The summed E-state index contributed by atoms with van der Waals surface area (Å²) in [7, 11) is 0. The number of nitrogens with one attached hydrogen (secondary N) is 6. The van der Waals surface area contributed by atoms with E-state index in [2.05, 4.69) is 58.4 Å². The van der Waals surface area contributed by atoms with Gasteiger partial charge in [-0.15, -0.1) is 10.2 Å². The third-order valence-electron chi connectivity index (χ3n) is 16.4. The van der Waals surface area contributed by atoms with Crippen molar-refractivity contribution in [3.8, 4) is 40.2 Å². The first-order valence-electron chi connectivity index (χ1n) is 31.0. The molecule has 3 fully saturated rings. The number of aliphatic hydroxyl groups is 8. The molecule has 3 aliphatic heterocycles. The molecule has 0 radical (unpaired) electrons. The fraction of sp³-hybridized carbons (Fsp3) is 0.557. The third kappa shape index (κ3) is 20.0. The number of aliphatic hydroxyl groups excluding tert-OH is 8. The number of amides is 7. The molecule has 13 atom stereocenters. The van der Waals surface area contributed by atoms with Crippen LogP contribution in [0, 0.1) is 5.92 Å². The van der Waals surface area contributed by atoms with Crippen molar-refractivity contribution in [1.29, 1.82) is 0 Å². The number of ether oxygens (including phenoxy) is 1. The van der Waals surface area contributed by atoms with Crippen molar-refractivity contribution in [1.82, 2.24) is 51.9 Å². The Morgan fingerprint density at radius 3 is 2.05 bits per heavy atom. The molecular weight excluding hydrogens is 1260 g/mol. The molecule has 33 heteroatoms. The van der Waals surface area contributed by atoms with E-state index in [1.165, 1.54) is 56.5 Å². The molecule has 32 nitrogen and oxygen atoms in total. The summed E-state index contributed by atoms with van der Waals surface area (Å²) in [4.78, 5) is 104. The molecule has 7 amide bonds. The summed E-state index contributed by atoms with van der Waals surface area (Å²) in [6.45, 7) is 2.39. The molecule has 516 valence electrons. The largest absolute Gasteiger partial charge is 0.504 e. The van der Waals surface area contributed by atoms with E-state index in [0.29, 0.717) is 23.5 Å². The lowest BCUT2D eigenvalue weighted by atomic mass is 9.98. The maximum Gasteiger partial charge on any atom is 0.261 e. The number of carbonyl (C=O) groups is 7. The van der Waals surface area contributed by atoms with E-state index in [1.807, 2.05) is 0 Å². The summed E-state index contributed by atoms with van der Waals surface area (Å²) >= 11 is 0.0637. The Bertz CT molecular complexity index is 3150. The van der Waals surface area contributed by atoms with E-state index in [-0.39, 0.29) is 54.1 Å². The Morgan fingerprint density at radius 1 is 0.755 bits per heavy atom. The van der Waals surface area contributed by atoms with Crippen LogP contribution in [0.3, 0.4) is 0 Å². The van der Waals surface area contributed by atoms with Crippen molar-refractivity contribution in [2.24, 2.45) is 5.92 Å². The maximum absolute atomic E-state index is 15.0. The van der Waals surface area contributed by atoms with E-state index in [0.717, 1.165) is 48.1 Å². The molecule has 4 heterocycles. The normalized spacial score (nSPS) is 24.5. The number of aromatic hydroxyl groups is 1. The predicted molar refractivity (Wildman–Crippen MR) is 331 cm³/mol. The molecular formula is C61H84N10O22S. The minimum atomic E-state index is -2.17. The van der Waals surface area contributed by atoms with Gasteiger partial charge >= 0.3 is 0 Å². The van der Waals surface area contributed by atoms with Crippen LogP contribution in [-0.2, 0) is 44.6 Å².